The summed E-state index contributed by atoms with van der Waals surface area (Å²) < 4.78 is 5.33. The molecule has 0 saturated carbocycles. The van der Waals surface area contributed by atoms with E-state index in [1.54, 1.807) is 7.11 Å². The molecule has 1 N–H and O–H groups in total. The fourth-order valence-electron chi connectivity index (χ4n) is 3.07. The number of nitrogens with zero attached hydrogens (tertiary/aromatic N) is 1. The highest BCUT2D eigenvalue weighted by Gasteiger charge is 2.29. The van der Waals surface area contributed by atoms with Gasteiger partial charge in [0, 0.05) is 24.2 Å². The average Bonchev–Trinajstić information content (AvgIpc) is 2.46. The van der Waals surface area contributed by atoms with E-state index < -0.39 is 11.4 Å². The second kappa shape index (κ2) is 6.37. The van der Waals surface area contributed by atoms with Crippen LogP contribution in [-0.2, 0) is 10.2 Å². The predicted molar refractivity (Wildman–Crippen MR) is 84.3 cm³/mol. The van der Waals surface area contributed by atoms with Gasteiger partial charge in [0.25, 0.3) is 0 Å². The SMILES string of the molecule is COc1ccc(N2CCCCC2)c(C(C)(C)CC(=O)O)c1. The van der Waals surface area contributed by atoms with Gasteiger partial charge >= 0.3 is 5.97 Å². The molecule has 21 heavy (non-hydrogen) atoms. The first-order valence-electron chi connectivity index (χ1n) is 7.59. The Bertz CT molecular complexity index is 505. The Labute approximate surface area is 126 Å². The summed E-state index contributed by atoms with van der Waals surface area (Å²) in [6, 6.07) is 6.03. The number of ether oxygens (including phenoxy) is 1. The minimum absolute atomic E-state index is 0.112. The standard InChI is InChI=1S/C17H25NO3/c1-17(2,12-16(19)20)14-11-13(21-3)7-8-15(14)18-9-5-4-6-10-18/h7-8,11H,4-6,9-10,12H2,1-3H3,(H,19,20). The summed E-state index contributed by atoms with van der Waals surface area (Å²) in [5.41, 5.74) is 1.79. The Morgan fingerprint density at radius 3 is 2.52 bits per heavy atom. The summed E-state index contributed by atoms with van der Waals surface area (Å²) in [7, 11) is 1.64. The van der Waals surface area contributed by atoms with Gasteiger partial charge in [0.1, 0.15) is 5.75 Å². The Kier molecular flexibility index (Phi) is 4.76. The molecule has 1 aliphatic heterocycles. The summed E-state index contributed by atoms with van der Waals surface area (Å²) in [6.07, 6.45) is 3.79. The third kappa shape index (κ3) is 3.69. The number of carboxylic acid groups (broad SMARTS) is 1. The average molecular weight is 291 g/mol. The fraction of sp³-hybridized carbons (Fsp3) is 0.588. The monoisotopic (exact) mass is 291 g/mol. The van der Waals surface area contributed by atoms with Crippen LogP contribution in [0.4, 0.5) is 5.69 Å². The maximum atomic E-state index is 11.2. The van der Waals surface area contributed by atoms with Crippen LogP contribution in [0.2, 0.25) is 0 Å². The minimum atomic E-state index is -0.771. The molecule has 1 fully saturated rings. The van der Waals surface area contributed by atoms with Crippen molar-refractivity contribution in [2.24, 2.45) is 0 Å². The molecule has 0 aromatic heterocycles. The summed E-state index contributed by atoms with van der Waals surface area (Å²) in [6.45, 7) is 6.07. The van der Waals surface area contributed by atoms with Crippen LogP contribution in [0.3, 0.4) is 0 Å². The van der Waals surface area contributed by atoms with Crippen molar-refractivity contribution in [3.63, 3.8) is 0 Å². The molecular weight excluding hydrogens is 266 g/mol. The number of hydrogen-bond donors (Lipinski definition) is 1. The molecule has 1 aromatic rings. The number of hydrogen-bond acceptors (Lipinski definition) is 3. The highest BCUT2D eigenvalue weighted by molar-refractivity contribution is 5.71. The zero-order valence-corrected chi connectivity index (χ0v) is 13.2. The predicted octanol–water partition coefficient (Wildman–Crippen LogP) is 3.44. The van der Waals surface area contributed by atoms with E-state index in [1.807, 2.05) is 26.0 Å². The molecule has 1 aromatic carbocycles. The molecule has 0 unspecified atom stereocenters. The van der Waals surface area contributed by atoms with Crippen LogP contribution in [0.15, 0.2) is 18.2 Å². The minimum Gasteiger partial charge on any atom is -0.497 e. The van der Waals surface area contributed by atoms with Crippen LogP contribution >= 0.6 is 0 Å². The molecule has 0 bridgehead atoms. The van der Waals surface area contributed by atoms with E-state index >= 15 is 0 Å². The molecule has 0 radical (unpaired) electrons. The molecule has 1 saturated heterocycles. The number of carboxylic acids is 1. The van der Waals surface area contributed by atoms with Gasteiger partial charge < -0.3 is 14.7 Å². The maximum absolute atomic E-state index is 11.2. The molecular formula is C17H25NO3. The number of rotatable bonds is 5. The molecule has 0 amide bonds. The van der Waals surface area contributed by atoms with Crippen molar-refractivity contribution in [2.75, 3.05) is 25.1 Å². The number of piperidine rings is 1. The van der Waals surface area contributed by atoms with Crippen molar-refractivity contribution in [2.45, 2.75) is 44.9 Å². The molecule has 1 aliphatic rings. The number of methoxy groups -OCH3 is 1. The maximum Gasteiger partial charge on any atom is 0.304 e. The van der Waals surface area contributed by atoms with Crippen LogP contribution in [0.5, 0.6) is 5.75 Å². The number of benzene rings is 1. The van der Waals surface area contributed by atoms with E-state index in [0.29, 0.717) is 0 Å². The van der Waals surface area contributed by atoms with Crippen molar-refractivity contribution in [3.05, 3.63) is 23.8 Å². The second-order valence-corrected chi connectivity index (χ2v) is 6.39. The first-order valence-corrected chi connectivity index (χ1v) is 7.59. The van der Waals surface area contributed by atoms with Crippen LogP contribution in [-0.4, -0.2) is 31.3 Å². The Morgan fingerprint density at radius 2 is 1.95 bits per heavy atom. The summed E-state index contributed by atoms with van der Waals surface area (Å²) in [4.78, 5) is 13.6. The van der Waals surface area contributed by atoms with Gasteiger partial charge in [0.15, 0.2) is 0 Å². The van der Waals surface area contributed by atoms with Crippen molar-refractivity contribution in [3.8, 4) is 5.75 Å². The topological polar surface area (TPSA) is 49.8 Å². The van der Waals surface area contributed by atoms with Gasteiger partial charge in [0.2, 0.25) is 0 Å². The molecule has 0 atom stereocenters. The van der Waals surface area contributed by atoms with Crippen LogP contribution in [0.1, 0.15) is 45.1 Å². The summed E-state index contributed by atoms with van der Waals surface area (Å²) in [5, 5.41) is 9.19. The van der Waals surface area contributed by atoms with Crippen LogP contribution in [0.25, 0.3) is 0 Å². The van der Waals surface area contributed by atoms with Crippen molar-refractivity contribution < 1.29 is 14.6 Å². The lowest BCUT2D eigenvalue weighted by molar-refractivity contribution is -0.138. The number of aliphatic carboxylic acids is 1. The Hall–Kier alpha value is -1.71. The molecule has 0 spiro atoms. The zero-order valence-electron chi connectivity index (χ0n) is 13.2. The normalized spacial score (nSPS) is 15.9. The Balaban J connectivity index is 2.41. The number of carbonyl (C=O) groups is 1. The lowest BCUT2D eigenvalue weighted by atomic mass is 9.80. The van der Waals surface area contributed by atoms with Gasteiger partial charge in [-0.1, -0.05) is 13.8 Å². The molecule has 116 valence electrons. The van der Waals surface area contributed by atoms with Gasteiger partial charge in [-0.3, -0.25) is 4.79 Å². The van der Waals surface area contributed by atoms with Crippen LogP contribution < -0.4 is 9.64 Å². The zero-order chi connectivity index (χ0) is 15.5. The van der Waals surface area contributed by atoms with Crippen molar-refractivity contribution in [1.82, 2.24) is 0 Å². The third-order valence-corrected chi connectivity index (χ3v) is 4.22. The van der Waals surface area contributed by atoms with E-state index in [0.717, 1.165) is 30.1 Å². The van der Waals surface area contributed by atoms with Gasteiger partial charge in [-0.15, -0.1) is 0 Å². The lowest BCUT2D eigenvalue weighted by Crippen LogP contribution is -2.33. The van der Waals surface area contributed by atoms with Crippen molar-refractivity contribution >= 4 is 11.7 Å². The summed E-state index contributed by atoms with van der Waals surface area (Å²) >= 11 is 0. The quantitative estimate of drug-likeness (QED) is 0.903. The first kappa shape index (κ1) is 15.7. The van der Waals surface area contributed by atoms with Crippen LogP contribution in [0, 0.1) is 0 Å². The van der Waals surface area contributed by atoms with E-state index in [1.165, 1.54) is 19.3 Å². The van der Waals surface area contributed by atoms with E-state index in [2.05, 4.69) is 11.0 Å². The summed E-state index contributed by atoms with van der Waals surface area (Å²) in [5.74, 6) is 0.0108. The molecule has 4 heteroatoms. The smallest absolute Gasteiger partial charge is 0.304 e. The molecule has 1 heterocycles. The third-order valence-electron chi connectivity index (χ3n) is 4.22. The van der Waals surface area contributed by atoms with Gasteiger partial charge in [-0.25, -0.2) is 0 Å². The highest BCUT2D eigenvalue weighted by atomic mass is 16.5. The molecule has 2 rings (SSSR count). The molecule has 0 aliphatic carbocycles. The van der Waals surface area contributed by atoms with E-state index in [-0.39, 0.29) is 6.42 Å². The van der Waals surface area contributed by atoms with E-state index in [9.17, 15) is 9.90 Å². The largest absolute Gasteiger partial charge is 0.497 e. The van der Waals surface area contributed by atoms with Crippen molar-refractivity contribution in [1.29, 1.82) is 0 Å². The first-order chi connectivity index (χ1) is 9.94. The van der Waals surface area contributed by atoms with Gasteiger partial charge in [-0.05, 0) is 43.0 Å². The van der Waals surface area contributed by atoms with Gasteiger partial charge in [-0.2, -0.15) is 0 Å². The lowest BCUT2D eigenvalue weighted by Gasteiger charge is -2.35. The number of anilines is 1. The van der Waals surface area contributed by atoms with E-state index in [4.69, 9.17) is 4.74 Å². The Morgan fingerprint density at radius 1 is 1.29 bits per heavy atom. The highest BCUT2D eigenvalue weighted by Crippen LogP contribution is 2.38. The van der Waals surface area contributed by atoms with Gasteiger partial charge in [0.05, 0.1) is 13.5 Å². The molecule has 4 nitrogen and oxygen atoms in total. The second-order valence-electron chi connectivity index (χ2n) is 6.39. The fourth-order valence-corrected chi connectivity index (χ4v) is 3.07.